The number of nitrogens with zero attached hydrogens (tertiary/aromatic N) is 1. The minimum Gasteiger partial charge on any atom is -0.494 e. The monoisotopic (exact) mass is 382 g/mol. The first kappa shape index (κ1) is 22.0. The molecule has 0 bridgehead atoms. The van der Waals surface area contributed by atoms with E-state index in [0.717, 1.165) is 5.75 Å². The maximum Gasteiger partial charge on any atom is 0.220 e. The van der Waals surface area contributed by atoms with Crippen LogP contribution < -0.4 is 10.1 Å². The normalized spacial score (nSPS) is 12.6. The van der Waals surface area contributed by atoms with Gasteiger partial charge in [-0.3, -0.25) is 4.79 Å². The van der Waals surface area contributed by atoms with Crippen LogP contribution in [0.25, 0.3) is 0 Å². The zero-order valence-corrected chi connectivity index (χ0v) is 17.9. The minimum atomic E-state index is 0.0643. The van der Waals surface area contributed by atoms with Crippen LogP contribution in [0.1, 0.15) is 50.8 Å². The summed E-state index contributed by atoms with van der Waals surface area (Å²) < 4.78 is 5.77. The molecule has 0 saturated heterocycles. The third kappa shape index (κ3) is 7.01. The van der Waals surface area contributed by atoms with Gasteiger partial charge in [0.1, 0.15) is 5.75 Å². The van der Waals surface area contributed by atoms with Crippen molar-refractivity contribution < 1.29 is 9.53 Å². The van der Waals surface area contributed by atoms with E-state index >= 15 is 0 Å². The highest BCUT2D eigenvalue weighted by molar-refractivity contribution is 5.75. The molecule has 0 heterocycles. The SMILES string of the molecule is CN(C)C(CNC(=O)CCCOc1ccc(C(C)(C)C)cc1)c1ccccc1. The average molecular weight is 383 g/mol. The van der Waals surface area contributed by atoms with Crippen LogP contribution in [0.4, 0.5) is 0 Å². The lowest BCUT2D eigenvalue weighted by Gasteiger charge is -2.25. The quantitative estimate of drug-likeness (QED) is 0.646. The Hall–Kier alpha value is -2.33. The lowest BCUT2D eigenvalue weighted by molar-refractivity contribution is -0.121. The van der Waals surface area contributed by atoms with Crippen molar-refractivity contribution in [2.75, 3.05) is 27.2 Å². The highest BCUT2D eigenvalue weighted by Gasteiger charge is 2.15. The van der Waals surface area contributed by atoms with Gasteiger partial charge in [0.2, 0.25) is 5.91 Å². The van der Waals surface area contributed by atoms with Gasteiger partial charge in [0.05, 0.1) is 12.6 Å². The summed E-state index contributed by atoms with van der Waals surface area (Å²) in [5.41, 5.74) is 2.63. The number of rotatable bonds is 9. The van der Waals surface area contributed by atoms with Crippen molar-refractivity contribution in [3.05, 3.63) is 65.7 Å². The fourth-order valence-corrected chi connectivity index (χ4v) is 3.05. The largest absolute Gasteiger partial charge is 0.494 e. The number of hydrogen-bond donors (Lipinski definition) is 1. The molecule has 0 aliphatic heterocycles. The molecule has 152 valence electrons. The van der Waals surface area contributed by atoms with Crippen LogP contribution in [0.15, 0.2) is 54.6 Å². The summed E-state index contributed by atoms with van der Waals surface area (Å²) in [5, 5.41) is 3.05. The lowest BCUT2D eigenvalue weighted by Crippen LogP contribution is -2.34. The van der Waals surface area contributed by atoms with Crippen molar-refractivity contribution in [2.45, 2.75) is 45.1 Å². The van der Waals surface area contributed by atoms with Crippen molar-refractivity contribution in [2.24, 2.45) is 0 Å². The van der Waals surface area contributed by atoms with Crippen molar-refractivity contribution in [1.82, 2.24) is 10.2 Å². The molecule has 1 atom stereocenters. The van der Waals surface area contributed by atoms with Crippen molar-refractivity contribution in [1.29, 1.82) is 0 Å². The van der Waals surface area contributed by atoms with Crippen LogP contribution in [0, 0.1) is 0 Å². The van der Waals surface area contributed by atoms with E-state index in [2.05, 4.69) is 55.3 Å². The molecule has 0 radical (unpaired) electrons. The molecule has 0 aliphatic carbocycles. The molecule has 0 spiro atoms. The molecule has 4 heteroatoms. The standard InChI is InChI=1S/C24H34N2O2/c1-24(2,3)20-13-15-21(16-14-20)28-17-9-12-23(27)25-18-22(26(4)5)19-10-7-6-8-11-19/h6-8,10-11,13-16,22H,9,12,17-18H2,1-5H3,(H,25,27). The molecule has 1 amide bonds. The second kappa shape index (κ2) is 10.3. The molecule has 2 aromatic rings. The van der Waals surface area contributed by atoms with Crippen molar-refractivity contribution in [3.63, 3.8) is 0 Å². The molecular formula is C24H34N2O2. The molecule has 2 aromatic carbocycles. The molecule has 0 fully saturated rings. The summed E-state index contributed by atoms with van der Waals surface area (Å²) in [5.74, 6) is 0.916. The molecule has 0 saturated carbocycles. The minimum absolute atomic E-state index is 0.0643. The van der Waals surface area contributed by atoms with Crippen molar-refractivity contribution >= 4 is 5.91 Å². The summed E-state index contributed by atoms with van der Waals surface area (Å²) in [6, 6.07) is 18.6. The van der Waals surface area contributed by atoms with E-state index in [1.807, 2.05) is 44.4 Å². The highest BCUT2D eigenvalue weighted by atomic mass is 16.5. The summed E-state index contributed by atoms with van der Waals surface area (Å²) in [4.78, 5) is 14.3. The van der Waals surface area contributed by atoms with Crippen LogP contribution in [0.2, 0.25) is 0 Å². The van der Waals surface area contributed by atoms with Gasteiger partial charge in [-0.15, -0.1) is 0 Å². The van der Waals surface area contributed by atoms with E-state index in [0.29, 0.717) is 26.0 Å². The van der Waals surface area contributed by atoms with Gasteiger partial charge in [-0.05, 0) is 49.2 Å². The van der Waals surface area contributed by atoms with E-state index in [-0.39, 0.29) is 17.4 Å². The first-order valence-corrected chi connectivity index (χ1v) is 9.99. The number of hydrogen-bond acceptors (Lipinski definition) is 3. The predicted octanol–water partition coefficient (Wildman–Crippen LogP) is 4.56. The Morgan fingerprint density at radius 1 is 1.04 bits per heavy atom. The van der Waals surface area contributed by atoms with Crippen LogP contribution in [0.5, 0.6) is 5.75 Å². The summed E-state index contributed by atoms with van der Waals surface area (Å²) in [6.07, 6.45) is 1.17. The molecule has 0 aromatic heterocycles. The van der Waals surface area contributed by atoms with Gasteiger partial charge >= 0.3 is 0 Å². The summed E-state index contributed by atoms with van der Waals surface area (Å²) in [7, 11) is 4.06. The van der Waals surface area contributed by atoms with Gasteiger partial charge in [0.15, 0.2) is 0 Å². The Balaban J connectivity index is 1.71. The Bertz CT molecular complexity index is 719. The van der Waals surface area contributed by atoms with Gasteiger partial charge in [0.25, 0.3) is 0 Å². The zero-order chi connectivity index (χ0) is 20.6. The maximum absolute atomic E-state index is 12.2. The molecule has 28 heavy (non-hydrogen) atoms. The Morgan fingerprint density at radius 3 is 2.25 bits per heavy atom. The summed E-state index contributed by atoms with van der Waals surface area (Å²) in [6.45, 7) is 7.73. The van der Waals surface area contributed by atoms with E-state index in [1.54, 1.807) is 0 Å². The number of likely N-dealkylation sites (N-methyl/N-ethyl adjacent to an activating group) is 1. The maximum atomic E-state index is 12.2. The highest BCUT2D eigenvalue weighted by Crippen LogP contribution is 2.24. The molecular weight excluding hydrogens is 348 g/mol. The fraction of sp³-hybridized carbons (Fsp3) is 0.458. The molecule has 4 nitrogen and oxygen atoms in total. The third-order valence-corrected chi connectivity index (χ3v) is 4.84. The first-order valence-electron chi connectivity index (χ1n) is 9.99. The summed E-state index contributed by atoms with van der Waals surface area (Å²) >= 11 is 0. The Labute approximate surface area is 169 Å². The first-order chi connectivity index (χ1) is 13.3. The van der Waals surface area contributed by atoms with Gasteiger partial charge in [-0.1, -0.05) is 63.2 Å². The van der Waals surface area contributed by atoms with E-state index in [1.165, 1.54) is 11.1 Å². The van der Waals surface area contributed by atoms with Crippen LogP contribution >= 0.6 is 0 Å². The number of ether oxygens (including phenoxy) is 1. The number of carbonyl (C=O) groups is 1. The second-order valence-electron chi connectivity index (χ2n) is 8.42. The molecule has 1 unspecified atom stereocenters. The van der Waals surface area contributed by atoms with Gasteiger partial charge in [0, 0.05) is 13.0 Å². The number of benzene rings is 2. The number of amides is 1. The van der Waals surface area contributed by atoms with E-state index in [4.69, 9.17) is 4.74 Å². The zero-order valence-electron chi connectivity index (χ0n) is 17.9. The van der Waals surface area contributed by atoms with Crippen LogP contribution in [-0.4, -0.2) is 38.1 Å². The van der Waals surface area contributed by atoms with Gasteiger partial charge in [-0.25, -0.2) is 0 Å². The Kier molecular flexibility index (Phi) is 8.06. The number of nitrogens with one attached hydrogen (secondary N) is 1. The smallest absolute Gasteiger partial charge is 0.220 e. The predicted molar refractivity (Wildman–Crippen MR) is 116 cm³/mol. The average Bonchev–Trinajstić information content (AvgIpc) is 2.65. The van der Waals surface area contributed by atoms with Crippen LogP contribution in [-0.2, 0) is 10.2 Å². The molecule has 0 aliphatic rings. The fourth-order valence-electron chi connectivity index (χ4n) is 3.05. The van der Waals surface area contributed by atoms with Gasteiger partial charge < -0.3 is 15.0 Å². The van der Waals surface area contributed by atoms with Gasteiger partial charge in [-0.2, -0.15) is 0 Å². The lowest BCUT2D eigenvalue weighted by atomic mass is 9.87. The molecule has 1 N–H and O–H groups in total. The topological polar surface area (TPSA) is 41.6 Å². The van der Waals surface area contributed by atoms with E-state index in [9.17, 15) is 4.79 Å². The van der Waals surface area contributed by atoms with Crippen LogP contribution in [0.3, 0.4) is 0 Å². The second-order valence-corrected chi connectivity index (χ2v) is 8.42. The number of carbonyl (C=O) groups excluding carboxylic acids is 1. The molecule has 2 rings (SSSR count). The van der Waals surface area contributed by atoms with E-state index < -0.39 is 0 Å². The third-order valence-electron chi connectivity index (χ3n) is 4.84. The van der Waals surface area contributed by atoms with Crippen molar-refractivity contribution in [3.8, 4) is 5.75 Å². The Morgan fingerprint density at radius 2 is 1.68 bits per heavy atom.